The molecule has 0 aliphatic rings. The van der Waals surface area contributed by atoms with Gasteiger partial charge < -0.3 is 9.64 Å². The van der Waals surface area contributed by atoms with E-state index in [4.69, 9.17) is 16.3 Å². The zero-order valence-corrected chi connectivity index (χ0v) is 15.0. The first-order chi connectivity index (χ1) is 12.5. The summed E-state index contributed by atoms with van der Waals surface area (Å²) in [5.74, 6) is 0.535. The minimum Gasteiger partial charge on any atom is -0.492 e. The van der Waals surface area contributed by atoms with Crippen molar-refractivity contribution in [2.24, 2.45) is 0 Å². The monoisotopic (exact) mass is 371 g/mol. The Bertz CT molecular complexity index is 987. The number of hydrogen-bond donors (Lipinski definition) is 0. The Hall–Kier alpha value is -2.86. The Kier molecular flexibility index (Phi) is 5.53. The molecule has 0 aliphatic heterocycles. The molecule has 0 aliphatic carbocycles. The summed E-state index contributed by atoms with van der Waals surface area (Å²) in [5, 5.41) is 5.22. The second kappa shape index (κ2) is 8.01. The molecule has 1 amide bonds. The maximum Gasteiger partial charge on any atom is 0.244 e. The quantitative estimate of drug-likeness (QED) is 0.668. The van der Waals surface area contributed by atoms with Gasteiger partial charge in [-0.15, -0.1) is 0 Å². The predicted octanol–water partition coefficient (Wildman–Crippen LogP) is 2.59. The van der Waals surface area contributed by atoms with E-state index in [1.165, 1.54) is 10.9 Å². The zero-order chi connectivity index (χ0) is 18.5. The van der Waals surface area contributed by atoms with Gasteiger partial charge in [0.05, 0.1) is 18.3 Å². The van der Waals surface area contributed by atoms with Crippen LogP contribution in [0.15, 0.2) is 59.5 Å². The summed E-state index contributed by atoms with van der Waals surface area (Å²) in [6.07, 6.45) is 1.23. The molecule has 0 fully saturated rings. The number of amides is 1. The van der Waals surface area contributed by atoms with E-state index in [9.17, 15) is 9.59 Å². The Balaban J connectivity index is 1.61. The number of hydrogen-bond acceptors (Lipinski definition) is 4. The summed E-state index contributed by atoms with van der Waals surface area (Å²) in [7, 11) is 1.70. The fraction of sp³-hybridized carbons (Fsp3) is 0.211. The number of carbonyl (C=O) groups is 1. The average Bonchev–Trinajstić information content (AvgIpc) is 2.64. The fourth-order valence-corrected chi connectivity index (χ4v) is 2.70. The zero-order valence-electron chi connectivity index (χ0n) is 14.3. The molecule has 0 saturated heterocycles. The average molecular weight is 372 g/mol. The summed E-state index contributed by atoms with van der Waals surface area (Å²) < 4.78 is 7.14. The molecule has 3 rings (SSSR count). The van der Waals surface area contributed by atoms with E-state index in [1.807, 2.05) is 12.1 Å². The Labute approximate surface area is 155 Å². The predicted molar refractivity (Wildman–Crippen MR) is 101 cm³/mol. The minimum atomic E-state index is -0.160. The van der Waals surface area contributed by atoms with Crippen molar-refractivity contribution < 1.29 is 9.53 Å². The van der Waals surface area contributed by atoms with Gasteiger partial charge in [0.2, 0.25) is 11.3 Å². The van der Waals surface area contributed by atoms with E-state index in [-0.39, 0.29) is 17.9 Å². The smallest absolute Gasteiger partial charge is 0.244 e. The molecule has 26 heavy (non-hydrogen) atoms. The van der Waals surface area contributed by atoms with E-state index in [0.717, 1.165) is 0 Å². The van der Waals surface area contributed by atoms with Gasteiger partial charge in [-0.2, -0.15) is 5.10 Å². The van der Waals surface area contributed by atoms with Crippen LogP contribution in [-0.4, -0.2) is 40.8 Å². The van der Waals surface area contributed by atoms with Crippen LogP contribution in [0.25, 0.3) is 10.9 Å². The third-order valence-electron chi connectivity index (χ3n) is 3.96. The van der Waals surface area contributed by atoms with Gasteiger partial charge in [0.25, 0.3) is 0 Å². The molecule has 0 bridgehead atoms. The number of benzene rings is 2. The lowest BCUT2D eigenvalue weighted by atomic mass is 10.2. The van der Waals surface area contributed by atoms with Crippen molar-refractivity contribution in [1.29, 1.82) is 0 Å². The molecule has 0 spiro atoms. The third kappa shape index (κ3) is 4.21. The van der Waals surface area contributed by atoms with Gasteiger partial charge in [0.1, 0.15) is 18.9 Å². The van der Waals surface area contributed by atoms with Crippen molar-refractivity contribution in [3.63, 3.8) is 0 Å². The molecule has 1 aromatic heterocycles. The lowest BCUT2D eigenvalue weighted by Crippen LogP contribution is -2.34. The van der Waals surface area contributed by atoms with Gasteiger partial charge in [0, 0.05) is 17.5 Å². The van der Waals surface area contributed by atoms with Crippen molar-refractivity contribution in [2.75, 3.05) is 20.2 Å². The van der Waals surface area contributed by atoms with Crippen LogP contribution in [0, 0.1) is 0 Å². The first-order valence-electron chi connectivity index (χ1n) is 8.12. The maximum atomic E-state index is 12.4. The number of aromatic nitrogens is 2. The van der Waals surface area contributed by atoms with Crippen molar-refractivity contribution in [3.05, 3.63) is 70.0 Å². The van der Waals surface area contributed by atoms with Crippen molar-refractivity contribution in [3.8, 4) is 5.75 Å². The second-order valence-electron chi connectivity index (χ2n) is 5.80. The minimum absolute atomic E-state index is 0.0501. The van der Waals surface area contributed by atoms with Crippen LogP contribution in [0.5, 0.6) is 5.75 Å². The highest BCUT2D eigenvalue weighted by Crippen LogP contribution is 2.17. The van der Waals surface area contributed by atoms with Crippen LogP contribution in [-0.2, 0) is 11.3 Å². The Morgan fingerprint density at radius 1 is 1.23 bits per heavy atom. The number of para-hydroxylation sites is 1. The van der Waals surface area contributed by atoms with Gasteiger partial charge >= 0.3 is 0 Å². The van der Waals surface area contributed by atoms with Gasteiger partial charge in [-0.1, -0.05) is 29.8 Å². The molecule has 1 heterocycles. The highest BCUT2D eigenvalue weighted by atomic mass is 35.5. The number of rotatable bonds is 6. The number of halogens is 1. The SMILES string of the molecule is CN(CCOc1cccc(Cl)c1)C(=O)Cn1ncc(=O)c2ccccc21. The number of fused-ring (bicyclic) bond motifs is 1. The summed E-state index contributed by atoms with van der Waals surface area (Å²) in [6.45, 7) is 0.818. The molecule has 0 unspecified atom stereocenters. The normalized spacial score (nSPS) is 10.7. The molecule has 3 aromatic rings. The molecule has 0 saturated carbocycles. The number of carbonyl (C=O) groups excluding carboxylic acids is 1. The molecule has 6 nitrogen and oxygen atoms in total. The van der Waals surface area contributed by atoms with E-state index in [2.05, 4.69) is 5.10 Å². The number of nitrogens with zero attached hydrogens (tertiary/aromatic N) is 3. The molecule has 0 N–H and O–H groups in total. The first-order valence-corrected chi connectivity index (χ1v) is 8.49. The van der Waals surface area contributed by atoms with Crippen LogP contribution in [0.1, 0.15) is 0 Å². The van der Waals surface area contributed by atoms with Crippen LogP contribution in [0.3, 0.4) is 0 Å². The Morgan fingerprint density at radius 3 is 2.85 bits per heavy atom. The van der Waals surface area contributed by atoms with Gasteiger partial charge in [0.15, 0.2) is 0 Å². The summed E-state index contributed by atoms with van der Waals surface area (Å²) >= 11 is 5.91. The van der Waals surface area contributed by atoms with E-state index >= 15 is 0 Å². The van der Waals surface area contributed by atoms with E-state index < -0.39 is 0 Å². The summed E-state index contributed by atoms with van der Waals surface area (Å²) in [4.78, 5) is 25.9. The van der Waals surface area contributed by atoms with Gasteiger partial charge in [-0.05, 0) is 30.3 Å². The van der Waals surface area contributed by atoms with Crippen LogP contribution in [0.2, 0.25) is 5.02 Å². The van der Waals surface area contributed by atoms with E-state index in [0.29, 0.717) is 34.8 Å². The van der Waals surface area contributed by atoms with Crippen molar-refractivity contribution in [1.82, 2.24) is 14.7 Å². The highest BCUT2D eigenvalue weighted by molar-refractivity contribution is 6.30. The molecule has 0 radical (unpaired) electrons. The number of likely N-dealkylation sites (N-methyl/N-ethyl adjacent to an activating group) is 1. The molecular formula is C19H18ClN3O3. The fourth-order valence-electron chi connectivity index (χ4n) is 2.52. The van der Waals surface area contributed by atoms with Gasteiger partial charge in [-0.3, -0.25) is 14.3 Å². The molecular weight excluding hydrogens is 354 g/mol. The second-order valence-corrected chi connectivity index (χ2v) is 6.24. The number of ether oxygens (including phenoxy) is 1. The van der Waals surface area contributed by atoms with Crippen LogP contribution in [0.4, 0.5) is 0 Å². The lowest BCUT2D eigenvalue weighted by molar-refractivity contribution is -0.131. The van der Waals surface area contributed by atoms with Crippen LogP contribution < -0.4 is 10.2 Å². The topological polar surface area (TPSA) is 64.4 Å². The van der Waals surface area contributed by atoms with E-state index in [1.54, 1.807) is 48.3 Å². The summed E-state index contributed by atoms with van der Waals surface area (Å²) in [6, 6.07) is 14.2. The molecule has 7 heteroatoms. The highest BCUT2D eigenvalue weighted by Gasteiger charge is 2.12. The lowest BCUT2D eigenvalue weighted by Gasteiger charge is -2.18. The molecule has 134 valence electrons. The van der Waals surface area contributed by atoms with Crippen molar-refractivity contribution in [2.45, 2.75) is 6.54 Å². The summed E-state index contributed by atoms with van der Waals surface area (Å²) in [5.41, 5.74) is 0.476. The van der Waals surface area contributed by atoms with Gasteiger partial charge in [-0.25, -0.2) is 0 Å². The first kappa shape index (κ1) is 17.9. The molecule has 2 aromatic carbocycles. The third-order valence-corrected chi connectivity index (χ3v) is 4.20. The van der Waals surface area contributed by atoms with Crippen molar-refractivity contribution >= 4 is 28.4 Å². The molecule has 0 atom stereocenters. The largest absolute Gasteiger partial charge is 0.492 e. The Morgan fingerprint density at radius 2 is 2.04 bits per heavy atom. The maximum absolute atomic E-state index is 12.4. The van der Waals surface area contributed by atoms with Crippen LogP contribution >= 0.6 is 11.6 Å². The standard InChI is InChI=1S/C19H18ClN3O3/c1-22(9-10-26-15-6-4-5-14(20)11-15)19(25)13-23-17-8-3-2-7-16(17)18(24)12-21-23/h2-8,11-12H,9-10,13H2,1H3.